The van der Waals surface area contributed by atoms with E-state index in [4.69, 9.17) is 18.8 Å². The Kier molecular flexibility index (Phi) is 4.83. The molecule has 3 aromatic heterocycles. The molecule has 0 bridgehead atoms. The summed E-state index contributed by atoms with van der Waals surface area (Å²) < 4.78 is 11.1. The number of fused-ring (bicyclic) bond motifs is 1. The molecule has 0 aliphatic heterocycles. The van der Waals surface area contributed by atoms with E-state index in [9.17, 15) is 4.79 Å². The summed E-state index contributed by atoms with van der Waals surface area (Å²) in [6.07, 6.45) is 7.81. The number of nitrogens with one attached hydrogen (secondary N) is 1. The van der Waals surface area contributed by atoms with Crippen molar-refractivity contribution in [1.29, 1.82) is 0 Å². The second-order valence-corrected chi connectivity index (χ2v) is 7.92. The quantitative estimate of drug-likeness (QED) is 0.491. The van der Waals surface area contributed by atoms with Gasteiger partial charge in [0.2, 0.25) is 0 Å². The van der Waals surface area contributed by atoms with Crippen LogP contribution in [0.2, 0.25) is 0 Å². The van der Waals surface area contributed by atoms with E-state index in [0.29, 0.717) is 45.4 Å². The Morgan fingerprint density at radius 3 is 2.23 bits per heavy atom. The lowest BCUT2D eigenvalue weighted by Gasteiger charge is -2.29. The largest absolute Gasteiger partial charge is 0.463 e. The van der Waals surface area contributed by atoms with E-state index < -0.39 is 0 Å². The van der Waals surface area contributed by atoms with Crippen molar-refractivity contribution in [3.8, 4) is 22.9 Å². The van der Waals surface area contributed by atoms with E-state index in [0.717, 1.165) is 12.8 Å². The van der Waals surface area contributed by atoms with E-state index in [1.807, 2.05) is 30.3 Å². The lowest BCUT2D eigenvalue weighted by molar-refractivity contribution is 0.0910. The Labute approximate surface area is 174 Å². The second-order valence-electron chi connectivity index (χ2n) is 7.92. The Bertz CT molecular complexity index is 1170. The number of amides is 1. The molecule has 0 radical (unpaired) electrons. The Morgan fingerprint density at radius 1 is 0.933 bits per heavy atom. The van der Waals surface area contributed by atoms with Crippen molar-refractivity contribution in [2.45, 2.75) is 38.6 Å². The third-order valence-electron chi connectivity index (χ3n) is 5.86. The minimum absolute atomic E-state index is 0.0629. The average Bonchev–Trinajstić information content (AvgIpc) is 3.48. The number of benzene rings is 1. The Hall–Kier alpha value is -3.41. The zero-order chi connectivity index (χ0) is 20.5. The maximum Gasteiger partial charge on any atom is 0.251 e. The second kappa shape index (κ2) is 7.78. The number of carbonyl (C=O) groups is 1. The molecule has 1 fully saturated rings. The molecule has 4 aromatic rings. The predicted molar refractivity (Wildman–Crippen MR) is 114 cm³/mol. The van der Waals surface area contributed by atoms with Crippen LogP contribution in [-0.4, -0.2) is 21.9 Å². The fourth-order valence-electron chi connectivity index (χ4n) is 4.15. The molecule has 0 unspecified atom stereocenters. The van der Waals surface area contributed by atoms with Crippen molar-refractivity contribution in [3.05, 3.63) is 60.6 Å². The molecule has 6 nitrogen and oxygen atoms in total. The van der Waals surface area contributed by atoms with Gasteiger partial charge in [-0.15, -0.1) is 0 Å². The first-order chi connectivity index (χ1) is 14.7. The first-order valence-electron chi connectivity index (χ1n) is 10.4. The lowest BCUT2D eigenvalue weighted by atomic mass is 9.86. The molecule has 3 heterocycles. The highest BCUT2D eigenvalue weighted by Gasteiger charge is 2.24. The number of carbonyl (C=O) groups excluding carboxylic acids is 1. The topological polar surface area (TPSA) is 81.2 Å². The van der Waals surface area contributed by atoms with Gasteiger partial charge in [-0.2, -0.15) is 0 Å². The van der Waals surface area contributed by atoms with E-state index in [-0.39, 0.29) is 11.9 Å². The third-order valence-corrected chi connectivity index (χ3v) is 5.86. The average molecular weight is 401 g/mol. The fraction of sp³-hybridized carbons (Fsp3) is 0.292. The summed E-state index contributed by atoms with van der Waals surface area (Å²) in [5, 5.41) is 3.20. The van der Waals surface area contributed by atoms with Crippen LogP contribution in [-0.2, 0) is 0 Å². The minimum atomic E-state index is -0.0629. The van der Waals surface area contributed by atoms with Gasteiger partial charge in [-0.1, -0.05) is 19.8 Å². The molecule has 1 aliphatic carbocycles. The van der Waals surface area contributed by atoms with Crippen LogP contribution in [0.4, 0.5) is 0 Å². The van der Waals surface area contributed by atoms with Gasteiger partial charge in [0.25, 0.3) is 5.91 Å². The van der Waals surface area contributed by atoms with E-state index >= 15 is 0 Å². The summed E-state index contributed by atoms with van der Waals surface area (Å²) in [4.78, 5) is 22.4. The highest BCUT2D eigenvalue weighted by atomic mass is 16.3. The van der Waals surface area contributed by atoms with Crippen LogP contribution in [0.3, 0.4) is 0 Å². The first-order valence-corrected chi connectivity index (χ1v) is 10.4. The van der Waals surface area contributed by atoms with Gasteiger partial charge in [-0.25, -0.2) is 9.97 Å². The van der Waals surface area contributed by atoms with Crippen LogP contribution in [0.5, 0.6) is 0 Å². The number of hydrogen-bond acceptors (Lipinski definition) is 5. The van der Waals surface area contributed by atoms with Crippen LogP contribution >= 0.6 is 0 Å². The van der Waals surface area contributed by atoms with Crippen LogP contribution in [0.1, 0.15) is 43.0 Å². The number of rotatable bonds is 4. The standard InChI is InChI=1S/C24H23N3O3/c1-15-6-2-3-7-17(15)27-24(28)16-10-11-18-19(14-16)26-23(21-9-5-13-30-21)22(25-18)20-8-4-12-29-20/h4-5,8-15,17H,2-3,6-7H2,1H3,(H,27,28)/t15-,17+/m1/s1. The van der Waals surface area contributed by atoms with Crippen LogP contribution < -0.4 is 5.32 Å². The van der Waals surface area contributed by atoms with Crippen LogP contribution in [0, 0.1) is 5.92 Å². The number of nitrogens with zero attached hydrogens (tertiary/aromatic N) is 2. The minimum Gasteiger partial charge on any atom is -0.463 e. The molecule has 1 aliphatic rings. The SMILES string of the molecule is C[C@@H]1CCCC[C@@H]1NC(=O)c1ccc2nc(-c3ccco3)c(-c3ccco3)nc2c1. The summed E-state index contributed by atoms with van der Waals surface area (Å²) >= 11 is 0. The van der Waals surface area contributed by atoms with E-state index in [1.165, 1.54) is 12.8 Å². The lowest BCUT2D eigenvalue weighted by Crippen LogP contribution is -2.41. The summed E-state index contributed by atoms with van der Waals surface area (Å²) in [6.45, 7) is 2.21. The molecule has 0 spiro atoms. The monoisotopic (exact) mass is 401 g/mol. The van der Waals surface area contributed by atoms with Gasteiger partial charge in [-0.3, -0.25) is 4.79 Å². The third kappa shape index (κ3) is 3.49. The predicted octanol–water partition coefficient (Wildman–Crippen LogP) is 5.46. The summed E-state index contributed by atoms with van der Waals surface area (Å²) in [5.41, 5.74) is 3.11. The molecular formula is C24H23N3O3. The molecule has 30 heavy (non-hydrogen) atoms. The first kappa shape index (κ1) is 18.6. The molecule has 6 heteroatoms. The van der Waals surface area contributed by atoms with Crippen molar-refractivity contribution in [2.75, 3.05) is 0 Å². The Balaban J connectivity index is 1.53. The maximum absolute atomic E-state index is 12.9. The van der Waals surface area contributed by atoms with Crippen molar-refractivity contribution in [1.82, 2.24) is 15.3 Å². The number of furan rings is 2. The van der Waals surface area contributed by atoms with Crippen molar-refractivity contribution < 1.29 is 13.6 Å². The molecule has 1 aromatic carbocycles. The van der Waals surface area contributed by atoms with E-state index in [1.54, 1.807) is 24.7 Å². The smallest absolute Gasteiger partial charge is 0.251 e. The molecule has 2 atom stereocenters. The molecular weight excluding hydrogens is 378 g/mol. The highest BCUT2D eigenvalue weighted by molar-refractivity contribution is 5.98. The van der Waals surface area contributed by atoms with Crippen LogP contribution in [0.15, 0.2) is 63.8 Å². The number of hydrogen-bond donors (Lipinski definition) is 1. The molecule has 1 amide bonds. The van der Waals surface area contributed by atoms with Gasteiger partial charge in [0.1, 0.15) is 11.4 Å². The van der Waals surface area contributed by atoms with E-state index in [2.05, 4.69) is 12.2 Å². The number of aromatic nitrogens is 2. The zero-order valence-electron chi connectivity index (χ0n) is 16.8. The zero-order valence-corrected chi connectivity index (χ0v) is 16.8. The van der Waals surface area contributed by atoms with Crippen LogP contribution in [0.25, 0.3) is 33.9 Å². The summed E-state index contributed by atoms with van der Waals surface area (Å²) in [6, 6.07) is 13.0. The van der Waals surface area contributed by atoms with Gasteiger partial charge in [0.15, 0.2) is 11.5 Å². The molecule has 152 valence electrons. The van der Waals surface area contributed by atoms with Gasteiger partial charge < -0.3 is 14.2 Å². The van der Waals surface area contributed by atoms with Crippen molar-refractivity contribution in [3.63, 3.8) is 0 Å². The molecule has 5 rings (SSSR count). The van der Waals surface area contributed by atoms with Gasteiger partial charge in [0, 0.05) is 11.6 Å². The summed E-state index contributed by atoms with van der Waals surface area (Å²) in [7, 11) is 0. The Morgan fingerprint density at radius 2 is 1.60 bits per heavy atom. The van der Waals surface area contributed by atoms with Crippen molar-refractivity contribution in [2.24, 2.45) is 5.92 Å². The fourth-order valence-corrected chi connectivity index (χ4v) is 4.15. The van der Waals surface area contributed by atoms with Gasteiger partial charge >= 0.3 is 0 Å². The normalized spacial score (nSPS) is 19.1. The molecule has 1 saturated carbocycles. The molecule has 0 saturated heterocycles. The maximum atomic E-state index is 12.9. The van der Waals surface area contributed by atoms with Crippen molar-refractivity contribution >= 4 is 16.9 Å². The highest BCUT2D eigenvalue weighted by Crippen LogP contribution is 2.32. The van der Waals surface area contributed by atoms with Gasteiger partial charge in [-0.05, 0) is 61.2 Å². The molecule has 1 N–H and O–H groups in total. The van der Waals surface area contributed by atoms with Gasteiger partial charge in [0.05, 0.1) is 23.6 Å². The summed E-state index contributed by atoms with van der Waals surface area (Å²) in [5.74, 6) is 1.65.